The maximum absolute atomic E-state index is 2.34. The van der Waals surface area contributed by atoms with Crippen LogP contribution in [0.15, 0.2) is 0 Å². The van der Waals surface area contributed by atoms with Gasteiger partial charge in [-0.3, -0.25) is 0 Å². The molecular formula is C60H136. The van der Waals surface area contributed by atoms with E-state index in [4.69, 9.17) is 0 Å². The normalized spacial score (nSPS) is 12.5. The van der Waals surface area contributed by atoms with Crippen LogP contribution in [0, 0.1) is 69.0 Å². The molecule has 2 atom stereocenters. The van der Waals surface area contributed by atoms with Gasteiger partial charge in [0.05, 0.1) is 0 Å². The minimum Gasteiger partial charge on any atom is -0.0654 e. The summed E-state index contributed by atoms with van der Waals surface area (Å²) in [4.78, 5) is 0. The Morgan fingerprint density at radius 3 is 0.717 bits per heavy atom. The van der Waals surface area contributed by atoms with Gasteiger partial charge in [-0.15, -0.1) is 0 Å². The van der Waals surface area contributed by atoms with Crippen LogP contribution in [-0.4, -0.2) is 0 Å². The zero-order valence-electron chi connectivity index (χ0n) is 49.9. The van der Waals surface area contributed by atoms with Crippen molar-refractivity contribution < 1.29 is 0 Å². The van der Waals surface area contributed by atoms with E-state index in [0.29, 0.717) is 21.7 Å². The fourth-order valence-electron chi connectivity index (χ4n) is 7.27. The highest BCUT2D eigenvalue weighted by Gasteiger charge is 2.16. The maximum Gasteiger partial charge on any atom is -0.0354 e. The highest BCUT2D eigenvalue weighted by atomic mass is 14.2. The summed E-state index contributed by atoms with van der Waals surface area (Å²) in [7, 11) is 0. The Balaban J connectivity index is -0.0000000861. The molecule has 0 spiro atoms. The summed E-state index contributed by atoms with van der Waals surface area (Å²) in [6.07, 6.45) is 21.5. The van der Waals surface area contributed by atoms with E-state index in [-0.39, 0.29) is 0 Å². The number of hydrogen-bond acceptors (Lipinski definition) is 0. The molecular weight excluding hydrogens is 721 g/mol. The monoisotopic (exact) mass is 857 g/mol. The fourth-order valence-corrected chi connectivity index (χ4v) is 7.27. The van der Waals surface area contributed by atoms with E-state index in [1.54, 1.807) is 0 Å². The molecule has 0 amide bonds. The highest BCUT2D eigenvalue weighted by molar-refractivity contribution is 4.67. The zero-order valence-corrected chi connectivity index (χ0v) is 49.9. The van der Waals surface area contributed by atoms with Gasteiger partial charge in [-0.05, 0) is 108 Å². The van der Waals surface area contributed by atoms with Gasteiger partial charge in [0.2, 0.25) is 0 Å². The second-order valence-corrected chi connectivity index (χ2v) is 25.5. The quantitative estimate of drug-likeness (QED) is 0.129. The summed E-state index contributed by atoms with van der Waals surface area (Å²) >= 11 is 0. The Kier molecular flexibility index (Phi) is 62.4. The van der Waals surface area contributed by atoms with E-state index in [1.807, 2.05) is 0 Å². The smallest absolute Gasteiger partial charge is 0.0354 e. The first-order valence-electron chi connectivity index (χ1n) is 26.9. The molecule has 0 bridgehead atoms. The summed E-state index contributed by atoms with van der Waals surface area (Å²) in [6.45, 7) is 72.9. The Morgan fingerprint density at radius 2 is 0.650 bits per heavy atom. The Hall–Kier alpha value is 0. The molecule has 376 valence electrons. The van der Waals surface area contributed by atoms with Crippen molar-refractivity contribution in [3.63, 3.8) is 0 Å². The molecule has 0 aromatic carbocycles. The Labute approximate surface area is 391 Å². The van der Waals surface area contributed by atoms with Crippen LogP contribution in [0.2, 0.25) is 0 Å². The van der Waals surface area contributed by atoms with Crippen molar-refractivity contribution in [3.8, 4) is 0 Å². The average Bonchev–Trinajstić information content (AvgIpc) is 3.03. The second-order valence-electron chi connectivity index (χ2n) is 25.5. The third kappa shape index (κ3) is 107. The van der Waals surface area contributed by atoms with E-state index in [0.717, 1.165) is 47.3 Å². The van der Waals surface area contributed by atoms with Crippen LogP contribution in [0.3, 0.4) is 0 Å². The third-order valence-corrected chi connectivity index (χ3v) is 10.7. The van der Waals surface area contributed by atoms with Crippen LogP contribution in [0.4, 0.5) is 0 Å². The molecule has 0 saturated heterocycles. The standard InChI is InChI=1S/C9H20.3C8H18.3C7H16.C6H14/c1-6-9(4,5)7-8(2)3;1-7(2)6-8(3,4)5;1-5-8(4)6-7(2)3;1-5-7-8(3,4)6-2;1-6(2)5-7(3)4;1-5-6-7(2,3)4;1-4-6-7(3)5-2;1-4-5-6(2)3/h8H,6-7H2,1-5H3;7H,6H2,1-5H3;7-8H,5-6H2,1-4H3;5-7H2,1-4H3;6-7H,5H2,1-4H3;5-6H2,1-4H3;7H,4-6H2,1-3H3;6H,4-5H2,1-3H3. The number of hydrogen-bond donors (Lipinski definition) is 0. The molecule has 0 N–H and O–H groups in total. The molecule has 2 unspecified atom stereocenters. The van der Waals surface area contributed by atoms with Crippen molar-refractivity contribution in [1.29, 1.82) is 0 Å². The average molecular weight is 858 g/mol. The molecule has 0 fully saturated rings. The van der Waals surface area contributed by atoms with Crippen LogP contribution in [-0.2, 0) is 0 Å². The lowest BCUT2D eigenvalue weighted by atomic mass is 9.82. The topological polar surface area (TPSA) is 0 Å². The SMILES string of the molecule is CC(C)CC(C)(C)C.CC(C)CC(C)C.CCC(C)(C)CC(C)C.CCC(C)CC(C)C.CCCC(C)(C)C.CCCC(C)(C)CC.CCCC(C)C.CCCC(C)CC. The highest BCUT2D eigenvalue weighted by Crippen LogP contribution is 2.28. The molecule has 0 aromatic heterocycles. The van der Waals surface area contributed by atoms with Gasteiger partial charge >= 0.3 is 0 Å². The largest absolute Gasteiger partial charge is 0.0654 e. The lowest BCUT2D eigenvalue weighted by Gasteiger charge is -2.24. The second kappa shape index (κ2) is 48.5. The summed E-state index contributed by atoms with van der Waals surface area (Å²) in [5.74, 6) is 7.09. The molecule has 0 aliphatic carbocycles. The molecule has 0 nitrogen and oxygen atoms in total. The first kappa shape index (κ1) is 77.2. The molecule has 0 aromatic rings. The molecule has 0 radical (unpaired) electrons. The summed E-state index contributed by atoms with van der Waals surface area (Å²) in [5.41, 5.74) is 2.23. The lowest BCUT2D eigenvalue weighted by Crippen LogP contribution is -2.12. The summed E-state index contributed by atoms with van der Waals surface area (Å²) in [5, 5.41) is 0. The molecule has 0 heterocycles. The molecule has 0 aliphatic rings. The molecule has 0 heteroatoms. The van der Waals surface area contributed by atoms with Crippen molar-refractivity contribution in [2.75, 3.05) is 0 Å². The Morgan fingerprint density at radius 1 is 0.300 bits per heavy atom. The van der Waals surface area contributed by atoms with E-state index >= 15 is 0 Å². The van der Waals surface area contributed by atoms with Gasteiger partial charge < -0.3 is 0 Å². The van der Waals surface area contributed by atoms with Gasteiger partial charge in [-0.25, -0.2) is 0 Å². The van der Waals surface area contributed by atoms with E-state index in [9.17, 15) is 0 Å². The van der Waals surface area contributed by atoms with Crippen molar-refractivity contribution in [3.05, 3.63) is 0 Å². The summed E-state index contributed by atoms with van der Waals surface area (Å²) in [6, 6.07) is 0. The molecule has 0 rings (SSSR count). The molecule has 0 aliphatic heterocycles. The van der Waals surface area contributed by atoms with Crippen LogP contribution < -0.4 is 0 Å². The molecule has 0 saturated carbocycles. The predicted molar refractivity (Wildman–Crippen MR) is 293 cm³/mol. The van der Waals surface area contributed by atoms with Crippen molar-refractivity contribution >= 4 is 0 Å². The van der Waals surface area contributed by atoms with Crippen LogP contribution in [0.25, 0.3) is 0 Å². The lowest BCUT2D eigenvalue weighted by molar-refractivity contribution is 0.277. The Bertz CT molecular complexity index is 723. The van der Waals surface area contributed by atoms with Crippen LogP contribution in [0.1, 0.15) is 324 Å². The minimum absolute atomic E-state index is 0.522. The van der Waals surface area contributed by atoms with E-state index in [1.165, 1.54) is 103 Å². The van der Waals surface area contributed by atoms with E-state index in [2.05, 4.69) is 222 Å². The van der Waals surface area contributed by atoms with Crippen molar-refractivity contribution in [1.82, 2.24) is 0 Å². The van der Waals surface area contributed by atoms with Gasteiger partial charge in [0.1, 0.15) is 0 Å². The van der Waals surface area contributed by atoms with Gasteiger partial charge in [-0.2, -0.15) is 0 Å². The zero-order chi connectivity index (χ0) is 49.9. The van der Waals surface area contributed by atoms with Crippen molar-refractivity contribution in [2.45, 2.75) is 324 Å². The van der Waals surface area contributed by atoms with E-state index < -0.39 is 0 Å². The van der Waals surface area contributed by atoms with Crippen LogP contribution >= 0.6 is 0 Å². The van der Waals surface area contributed by atoms with Crippen molar-refractivity contribution in [2.24, 2.45) is 69.0 Å². The predicted octanol–water partition coefficient (Wildman–Crippen LogP) is 23.6. The third-order valence-electron chi connectivity index (χ3n) is 10.7. The van der Waals surface area contributed by atoms with Gasteiger partial charge in [-0.1, -0.05) is 286 Å². The summed E-state index contributed by atoms with van der Waals surface area (Å²) < 4.78 is 0. The maximum atomic E-state index is 2.34. The van der Waals surface area contributed by atoms with Crippen LogP contribution in [0.5, 0.6) is 0 Å². The van der Waals surface area contributed by atoms with Gasteiger partial charge in [0, 0.05) is 0 Å². The minimum atomic E-state index is 0.522. The number of rotatable bonds is 18. The van der Waals surface area contributed by atoms with Gasteiger partial charge in [0.25, 0.3) is 0 Å². The molecule has 60 heavy (non-hydrogen) atoms. The first-order chi connectivity index (χ1) is 26.9. The fraction of sp³-hybridized carbons (Fsp3) is 1.00. The first-order valence-corrected chi connectivity index (χ1v) is 26.9. The van der Waals surface area contributed by atoms with Gasteiger partial charge in [0.15, 0.2) is 0 Å².